The normalized spacial score (nSPS) is 10.4. The van der Waals surface area contributed by atoms with Crippen molar-refractivity contribution < 1.29 is 19.1 Å². The summed E-state index contributed by atoms with van der Waals surface area (Å²) in [6.45, 7) is -0.299. The summed E-state index contributed by atoms with van der Waals surface area (Å²) in [5.41, 5.74) is 1.26. The van der Waals surface area contributed by atoms with Gasteiger partial charge in [0.2, 0.25) is 5.78 Å². The number of benzene rings is 3. The highest BCUT2D eigenvalue weighted by molar-refractivity contribution is 6.00. The summed E-state index contributed by atoms with van der Waals surface area (Å²) in [7, 11) is 1.50. The maximum Gasteiger partial charge on any atom is 0.310 e. The third-order valence-corrected chi connectivity index (χ3v) is 3.93. The number of ether oxygens (including phenoxy) is 2. The van der Waals surface area contributed by atoms with E-state index in [2.05, 4.69) is 0 Å². The maximum atomic E-state index is 12.2. The van der Waals surface area contributed by atoms with Gasteiger partial charge in [0, 0.05) is 0 Å². The number of carbonyl (C=O) groups excluding carboxylic acids is 2. The van der Waals surface area contributed by atoms with Gasteiger partial charge >= 0.3 is 5.97 Å². The molecule has 0 bridgehead atoms. The van der Waals surface area contributed by atoms with Crippen LogP contribution in [0.2, 0.25) is 0 Å². The Bertz CT molecular complexity index is 914. The molecule has 0 aliphatic heterocycles. The molecule has 0 saturated heterocycles. The molecule has 0 saturated carbocycles. The Morgan fingerprint density at radius 3 is 2.40 bits per heavy atom. The zero-order valence-corrected chi connectivity index (χ0v) is 13.9. The Morgan fingerprint density at radius 2 is 1.60 bits per heavy atom. The molecule has 0 fully saturated rings. The number of hydrogen-bond donors (Lipinski definition) is 0. The lowest BCUT2D eigenvalue weighted by Gasteiger charge is -2.08. The summed E-state index contributed by atoms with van der Waals surface area (Å²) in [5.74, 6) is -0.249. The summed E-state index contributed by atoms with van der Waals surface area (Å²) >= 11 is 0. The zero-order valence-electron chi connectivity index (χ0n) is 13.9. The quantitative estimate of drug-likeness (QED) is 0.508. The fraction of sp³-hybridized carbons (Fsp3) is 0.143. The first-order valence-corrected chi connectivity index (χ1v) is 7.97. The first-order chi connectivity index (χ1) is 12.2. The molecule has 3 aromatic rings. The van der Waals surface area contributed by atoms with E-state index in [9.17, 15) is 9.59 Å². The van der Waals surface area contributed by atoms with Crippen molar-refractivity contribution in [2.75, 3.05) is 13.7 Å². The highest BCUT2D eigenvalue weighted by Gasteiger charge is 2.14. The molecule has 0 N–H and O–H groups in total. The average molecular weight is 334 g/mol. The van der Waals surface area contributed by atoms with Gasteiger partial charge in [-0.2, -0.15) is 0 Å². The molecule has 4 heteroatoms. The van der Waals surface area contributed by atoms with Crippen LogP contribution in [0, 0.1) is 0 Å². The van der Waals surface area contributed by atoms with Crippen molar-refractivity contribution in [2.24, 2.45) is 0 Å². The summed E-state index contributed by atoms with van der Waals surface area (Å²) < 4.78 is 10.3. The largest absolute Gasteiger partial charge is 0.496 e. The highest BCUT2D eigenvalue weighted by Crippen LogP contribution is 2.18. The van der Waals surface area contributed by atoms with E-state index in [0.717, 1.165) is 16.3 Å². The van der Waals surface area contributed by atoms with Crippen molar-refractivity contribution in [3.05, 3.63) is 77.9 Å². The summed E-state index contributed by atoms with van der Waals surface area (Å²) in [5, 5.41) is 2.18. The van der Waals surface area contributed by atoms with Gasteiger partial charge in [0.25, 0.3) is 0 Å². The van der Waals surface area contributed by atoms with Crippen LogP contribution in [0.25, 0.3) is 10.8 Å². The molecule has 0 aromatic heterocycles. The van der Waals surface area contributed by atoms with E-state index >= 15 is 0 Å². The molecule has 0 aliphatic rings. The van der Waals surface area contributed by atoms with Crippen LogP contribution in [0.15, 0.2) is 66.7 Å². The number of carbonyl (C=O) groups is 2. The number of rotatable bonds is 6. The minimum Gasteiger partial charge on any atom is -0.496 e. The van der Waals surface area contributed by atoms with Crippen LogP contribution in [0.4, 0.5) is 0 Å². The SMILES string of the molecule is COc1ccccc1C(=O)COC(=O)Cc1ccc2ccccc2c1. The number of hydrogen-bond acceptors (Lipinski definition) is 4. The van der Waals surface area contributed by atoms with E-state index in [-0.39, 0.29) is 18.8 Å². The van der Waals surface area contributed by atoms with Gasteiger partial charge in [0.05, 0.1) is 19.1 Å². The number of esters is 1. The Morgan fingerprint density at radius 1 is 0.880 bits per heavy atom. The molecule has 3 rings (SSSR count). The second-order valence-corrected chi connectivity index (χ2v) is 5.64. The molecule has 0 unspecified atom stereocenters. The third-order valence-electron chi connectivity index (χ3n) is 3.93. The molecule has 25 heavy (non-hydrogen) atoms. The topological polar surface area (TPSA) is 52.6 Å². The van der Waals surface area contributed by atoms with Crippen LogP contribution in [0.1, 0.15) is 15.9 Å². The van der Waals surface area contributed by atoms with Crippen molar-refractivity contribution in [1.29, 1.82) is 0 Å². The summed E-state index contributed by atoms with van der Waals surface area (Å²) in [4.78, 5) is 24.2. The third kappa shape index (κ3) is 4.04. The van der Waals surface area contributed by atoms with Crippen molar-refractivity contribution in [1.82, 2.24) is 0 Å². The van der Waals surface area contributed by atoms with Crippen LogP contribution < -0.4 is 4.74 Å². The Labute approximate surface area is 146 Å². The standard InChI is InChI=1S/C21H18O4/c1-24-20-9-5-4-8-18(20)19(22)14-25-21(23)13-15-10-11-16-6-2-3-7-17(16)12-15/h2-12H,13-14H2,1H3. The lowest BCUT2D eigenvalue weighted by atomic mass is 10.1. The first-order valence-electron chi connectivity index (χ1n) is 7.97. The van der Waals surface area contributed by atoms with E-state index in [4.69, 9.17) is 9.47 Å². The molecule has 3 aromatic carbocycles. The predicted octanol–water partition coefficient (Wildman–Crippen LogP) is 3.82. The monoisotopic (exact) mass is 334 g/mol. The fourth-order valence-electron chi connectivity index (χ4n) is 2.67. The van der Waals surface area contributed by atoms with Crippen molar-refractivity contribution >= 4 is 22.5 Å². The Kier molecular flexibility index (Phi) is 5.09. The Hall–Kier alpha value is -3.14. The van der Waals surface area contributed by atoms with Gasteiger partial charge < -0.3 is 9.47 Å². The molecule has 0 atom stereocenters. The minimum absolute atomic E-state index is 0.129. The van der Waals surface area contributed by atoms with E-state index < -0.39 is 5.97 Å². The van der Waals surface area contributed by atoms with E-state index in [1.54, 1.807) is 24.3 Å². The van der Waals surface area contributed by atoms with Crippen molar-refractivity contribution in [3.63, 3.8) is 0 Å². The second kappa shape index (κ2) is 7.62. The molecule has 0 heterocycles. The molecule has 0 spiro atoms. The molecular weight excluding hydrogens is 316 g/mol. The second-order valence-electron chi connectivity index (χ2n) is 5.64. The van der Waals surface area contributed by atoms with Crippen LogP contribution in [-0.2, 0) is 16.0 Å². The van der Waals surface area contributed by atoms with Crippen molar-refractivity contribution in [3.8, 4) is 5.75 Å². The van der Waals surface area contributed by atoms with E-state index in [1.807, 2.05) is 42.5 Å². The van der Waals surface area contributed by atoms with Gasteiger partial charge in [-0.25, -0.2) is 0 Å². The number of methoxy groups -OCH3 is 1. The van der Waals surface area contributed by atoms with Crippen LogP contribution in [0.5, 0.6) is 5.75 Å². The fourth-order valence-corrected chi connectivity index (χ4v) is 2.67. The van der Waals surface area contributed by atoms with Gasteiger partial charge in [0.1, 0.15) is 5.75 Å². The number of fused-ring (bicyclic) bond motifs is 1. The summed E-state index contributed by atoms with van der Waals surface area (Å²) in [6, 6.07) is 20.6. The van der Waals surface area contributed by atoms with Crippen LogP contribution in [-0.4, -0.2) is 25.5 Å². The number of Topliss-reactive ketones (excluding diaryl/α,β-unsaturated/α-hetero) is 1. The van der Waals surface area contributed by atoms with Gasteiger partial charge in [-0.05, 0) is 28.5 Å². The lowest BCUT2D eigenvalue weighted by Crippen LogP contribution is -2.16. The van der Waals surface area contributed by atoms with Gasteiger partial charge in [0.15, 0.2) is 6.61 Å². The van der Waals surface area contributed by atoms with Gasteiger partial charge in [-0.1, -0.05) is 54.6 Å². The smallest absolute Gasteiger partial charge is 0.310 e. The first kappa shape index (κ1) is 16.7. The van der Waals surface area contributed by atoms with Crippen molar-refractivity contribution in [2.45, 2.75) is 6.42 Å². The summed E-state index contributed by atoms with van der Waals surface area (Å²) in [6.07, 6.45) is 0.129. The zero-order chi connectivity index (χ0) is 17.6. The average Bonchev–Trinajstić information content (AvgIpc) is 2.66. The maximum absolute atomic E-state index is 12.2. The lowest BCUT2D eigenvalue weighted by molar-refractivity contribution is -0.141. The molecular formula is C21H18O4. The molecule has 126 valence electrons. The number of ketones is 1. The van der Waals surface area contributed by atoms with Gasteiger partial charge in [-0.3, -0.25) is 9.59 Å². The predicted molar refractivity (Wildman–Crippen MR) is 95.9 cm³/mol. The molecule has 0 aliphatic carbocycles. The van der Waals surface area contributed by atoms with Crippen LogP contribution in [0.3, 0.4) is 0 Å². The molecule has 4 nitrogen and oxygen atoms in total. The van der Waals surface area contributed by atoms with E-state index in [0.29, 0.717) is 11.3 Å². The molecule has 0 amide bonds. The van der Waals surface area contributed by atoms with E-state index in [1.165, 1.54) is 7.11 Å². The highest BCUT2D eigenvalue weighted by atomic mass is 16.5. The van der Waals surface area contributed by atoms with Gasteiger partial charge in [-0.15, -0.1) is 0 Å². The minimum atomic E-state index is -0.432. The number of para-hydroxylation sites is 1. The Balaban J connectivity index is 1.61. The molecule has 0 radical (unpaired) electrons. The van der Waals surface area contributed by atoms with Crippen LogP contribution >= 0.6 is 0 Å².